The van der Waals surface area contributed by atoms with Gasteiger partial charge >= 0.3 is 0 Å². The van der Waals surface area contributed by atoms with E-state index in [1.54, 1.807) is 0 Å². The predicted octanol–water partition coefficient (Wildman–Crippen LogP) is 6.73. The zero-order chi connectivity index (χ0) is 17.3. The van der Waals surface area contributed by atoms with Crippen LogP contribution in [0.4, 0.5) is 17.1 Å². The minimum Gasteiger partial charge on any atom is -0.310 e. The van der Waals surface area contributed by atoms with E-state index in [0.717, 1.165) is 6.42 Å². The topological polar surface area (TPSA) is 3.24 Å². The molecule has 26 heavy (non-hydrogen) atoms. The van der Waals surface area contributed by atoms with Gasteiger partial charge in [0, 0.05) is 17.1 Å². The summed E-state index contributed by atoms with van der Waals surface area (Å²) in [5.74, 6) is 0. The molecule has 1 nitrogen and oxygen atoms in total. The van der Waals surface area contributed by atoms with E-state index in [2.05, 4.69) is 108 Å². The van der Waals surface area contributed by atoms with E-state index in [9.17, 15) is 0 Å². The molecule has 1 aliphatic carbocycles. The summed E-state index contributed by atoms with van der Waals surface area (Å²) in [6.07, 6.45) is 1.03. The molecule has 0 radical (unpaired) electrons. The first-order chi connectivity index (χ1) is 12.9. The molecule has 0 atom stereocenters. The van der Waals surface area contributed by atoms with Crippen LogP contribution in [0.25, 0.3) is 11.1 Å². The van der Waals surface area contributed by atoms with Gasteiger partial charge in [-0.15, -0.1) is 0 Å². The minimum atomic E-state index is 1.03. The van der Waals surface area contributed by atoms with Crippen LogP contribution in [0.15, 0.2) is 103 Å². The fourth-order valence-corrected chi connectivity index (χ4v) is 3.85. The average Bonchev–Trinajstić information content (AvgIpc) is 3.08. The number of hydrogen-bond acceptors (Lipinski definition) is 1. The number of para-hydroxylation sites is 2. The van der Waals surface area contributed by atoms with E-state index in [1.807, 2.05) is 0 Å². The summed E-state index contributed by atoms with van der Waals surface area (Å²) in [6, 6.07) is 36.7. The lowest BCUT2D eigenvalue weighted by molar-refractivity contribution is 1.24. The summed E-state index contributed by atoms with van der Waals surface area (Å²) in [5, 5.41) is 0. The first-order valence-corrected chi connectivity index (χ1v) is 9.01. The Morgan fingerprint density at radius 1 is 0.462 bits per heavy atom. The second-order valence-electron chi connectivity index (χ2n) is 6.68. The van der Waals surface area contributed by atoms with Crippen LogP contribution in [0.3, 0.4) is 0 Å². The fraction of sp³-hybridized carbons (Fsp3) is 0.0400. The third-order valence-electron chi connectivity index (χ3n) is 5.07. The van der Waals surface area contributed by atoms with E-state index in [0.29, 0.717) is 0 Å². The second-order valence-corrected chi connectivity index (χ2v) is 6.68. The van der Waals surface area contributed by atoms with Crippen LogP contribution in [0.1, 0.15) is 11.1 Å². The van der Waals surface area contributed by atoms with Crippen LogP contribution >= 0.6 is 0 Å². The highest BCUT2D eigenvalue weighted by Gasteiger charge is 2.20. The lowest BCUT2D eigenvalue weighted by Gasteiger charge is -2.26. The predicted molar refractivity (Wildman–Crippen MR) is 109 cm³/mol. The average molecular weight is 333 g/mol. The van der Waals surface area contributed by atoms with Crippen molar-refractivity contribution in [2.45, 2.75) is 6.42 Å². The van der Waals surface area contributed by atoms with Gasteiger partial charge in [0.15, 0.2) is 0 Å². The molecule has 124 valence electrons. The van der Waals surface area contributed by atoms with Crippen molar-refractivity contribution in [3.05, 3.63) is 114 Å². The van der Waals surface area contributed by atoms with Gasteiger partial charge < -0.3 is 4.90 Å². The molecule has 0 aromatic heterocycles. The molecule has 0 saturated heterocycles. The Labute approximate surface area is 154 Å². The molecule has 0 aliphatic heterocycles. The van der Waals surface area contributed by atoms with Gasteiger partial charge in [-0.1, -0.05) is 66.7 Å². The van der Waals surface area contributed by atoms with Crippen molar-refractivity contribution in [2.24, 2.45) is 0 Å². The van der Waals surface area contributed by atoms with Gasteiger partial charge in [-0.3, -0.25) is 0 Å². The minimum absolute atomic E-state index is 1.03. The van der Waals surface area contributed by atoms with Gasteiger partial charge in [-0.25, -0.2) is 0 Å². The third-order valence-corrected chi connectivity index (χ3v) is 5.07. The highest BCUT2D eigenvalue weighted by atomic mass is 15.1. The van der Waals surface area contributed by atoms with Gasteiger partial charge in [-0.2, -0.15) is 0 Å². The number of fused-ring (bicyclic) bond motifs is 3. The lowest BCUT2D eigenvalue weighted by atomic mass is 10.0. The first kappa shape index (κ1) is 15.0. The van der Waals surface area contributed by atoms with Gasteiger partial charge in [0.2, 0.25) is 0 Å². The highest BCUT2D eigenvalue weighted by Crippen LogP contribution is 2.41. The molecule has 4 aromatic rings. The van der Waals surface area contributed by atoms with Crippen molar-refractivity contribution < 1.29 is 0 Å². The van der Waals surface area contributed by atoms with Crippen LogP contribution in [0, 0.1) is 0 Å². The Kier molecular flexibility index (Phi) is 3.57. The number of anilines is 3. The molecule has 0 saturated carbocycles. The maximum Gasteiger partial charge on any atom is 0.0467 e. The van der Waals surface area contributed by atoms with E-state index < -0.39 is 0 Å². The zero-order valence-electron chi connectivity index (χ0n) is 14.5. The quantitative estimate of drug-likeness (QED) is 0.354. The third kappa shape index (κ3) is 2.49. The molecule has 5 rings (SSSR count). The van der Waals surface area contributed by atoms with Gasteiger partial charge in [0.05, 0.1) is 0 Å². The zero-order valence-corrected chi connectivity index (χ0v) is 14.5. The standard InChI is InChI=1S/C25H19N/c1-3-10-21(11-4-1)26(22-12-5-2-6-13-22)23-16-15-20-17-19-9-7-8-14-24(19)25(20)18-23/h1-16,18H,17H2. The number of rotatable bonds is 3. The molecule has 0 amide bonds. The molecule has 1 aliphatic rings. The largest absolute Gasteiger partial charge is 0.310 e. The van der Waals surface area contributed by atoms with Crippen LogP contribution in [0.5, 0.6) is 0 Å². The SMILES string of the molecule is c1ccc(N(c2ccccc2)c2ccc3c(c2)-c2ccccc2C3)cc1. The van der Waals surface area contributed by atoms with Crippen molar-refractivity contribution in [2.75, 3.05) is 4.90 Å². The van der Waals surface area contributed by atoms with Crippen molar-refractivity contribution in [3.8, 4) is 11.1 Å². The van der Waals surface area contributed by atoms with Crippen LogP contribution in [-0.4, -0.2) is 0 Å². The summed E-state index contributed by atoms with van der Waals surface area (Å²) < 4.78 is 0. The maximum atomic E-state index is 2.33. The Bertz CT molecular complexity index is 1010. The van der Waals surface area contributed by atoms with E-state index in [4.69, 9.17) is 0 Å². The molecule has 0 fully saturated rings. The summed E-state index contributed by atoms with van der Waals surface area (Å²) in [6.45, 7) is 0. The summed E-state index contributed by atoms with van der Waals surface area (Å²) in [7, 11) is 0. The van der Waals surface area contributed by atoms with Crippen LogP contribution in [-0.2, 0) is 6.42 Å². The smallest absolute Gasteiger partial charge is 0.0467 e. The molecule has 0 heterocycles. The summed E-state index contributed by atoms with van der Waals surface area (Å²) >= 11 is 0. The van der Waals surface area contributed by atoms with Crippen LogP contribution < -0.4 is 4.90 Å². The molecular formula is C25H19N. The monoisotopic (exact) mass is 333 g/mol. The molecule has 0 spiro atoms. The molecule has 0 bridgehead atoms. The van der Waals surface area contributed by atoms with Gasteiger partial charge in [-0.05, 0) is 65.1 Å². The Balaban J connectivity index is 1.68. The highest BCUT2D eigenvalue weighted by molar-refractivity contribution is 5.84. The summed E-state index contributed by atoms with van der Waals surface area (Å²) in [5.41, 5.74) is 9.09. The number of benzene rings is 4. The molecule has 0 N–H and O–H groups in total. The lowest BCUT2D eigenvalue weighted by Crippen LogP contribution is -2.09. The fourth-order valence-electron chi connectivity index (χ4n) is 3.85. The molecule has 1 heteroatoms. The van der Waals surface area contributed by atoms with E-state index in [1.165, 1.54) is 39.3 Å². The normalized spacial score (nSPS) is 11.7. The van der Waals surface area contributed by atoms with Crippen LogP contribution in [0.2, 0.25) is 0 Å². The Hall–Kier alpha value is -3.32. The van der Waals surface area contributed by atoms with Crippen molar-refractivity contribution in [3.63, 3.8) is 0 Å². The van der Waals surface area contributed by atoms with Crippen molar-refractivity contribution in [1.29, 1.82) is 0 Å². The first-order valence-electron chi connectivity index (χ1n) is 9.01. The maximum absolute atomic E-state index is 2.33. The van der Waals surface area contributed by atoms with Gasteiger partial charge in [0.25, 0.3) is 0 Å². The van der Waals surface area contributed by atoms with E-state index >= 15 is 0 Å². The second kappa shape index (κ2) is 6.20. The van der Waals surface area contributed by atoms with Crippen molar-refractivity contribution >= 4 is 17.1 Å². The molecule has 4 aromatic carbocycles. The summed E-state index contributed by atoms with van der Waals surface area (Å²) in [4.78, 5) is 2.32. The Morgan fingerprint density at radius 3 is 1.73 bits per heavy atom. The van der Waals surface area contributed by atoms with Gasteiger partial charge in [0.1, 0.15) is 0 Å². The van der Waals surface area contributed by atoms with E-state index in [-0.39, 0.29) is 0 Å². The number of hydrogen-bond donors (Lipinski definition) is 0. The number of nitrogens with zero attached hydrogens (tertiary/aromatic N) is 1. The van der Waals surface area contributed by atoms with Crippen molar-refractivity contribution in [1.82, 2.24) is 0 Å². The Morgan fingerprint density at radius 2 is 1.04 bits per heavy atom. The molecular weight excluding hydrogens is 314 g/mol. The molecule has 0 unspecified atom stereocenters.